The van der Waals surface area contributed by atoms with Crippen molar-refractivity contribution in [2.24, 2.45) is 5.92 Å². The number of rotatable bonds is 5. The standard InChI is InChI=1S/C13H16N2O4/c1-8(2)7-10(12(16)17)15-11(19-13(15)18)9-5-3-4-6-14-9/h3-6,8,10-11H,7H2,1-2H3,(H,16,17)/t10-,11?/m0/s1. The van der Waals surface area contributed by atoms with E-state index in [1.54, 1.807) is 24.4 Å². The second-order valence-electron chi connectivity index (χ2n) is 4.88. The number of hydrogen-bond acceptors (Lipinski definition) is 4. The molecule has 1 amide bonds. The van der Waals surface area contributed by atoms with Crippen LogP contribution in [-0.2, 0) is 9.53 Å². The van der Waals surface area contributed by atoms with Gasteiger partial charge in [0.2, 0.25) is 6.23 Å². The van der Waals surface area contributed by atoms with Gasteiger partial charge in [0.1, 0.15) is 11.7 Å². The Balaban J connectivity index is 2.20. The number of carboxylic acid groups (broad SMARTS) is 1. The number of carboxylic acids is 1. The van der Waals surface area contributed by atoms with E-state index in [1.165, 1.54) is 4.90 Å². The molecule has 0 spiro atoms. The summed E-state index contributed by atoms with van der Waals surface area (Å²) in [5.41, 5.74) is 0.539. The lowest BCUT2D eigenvalue weighted by atomic mass is 10.0. The number of hydrogen-bond donors (Lipinski definition) is 1. The molecule has 0 bridgehead atoms. The minimum absolute atomic E-state index is 0.166. The predicted molar refractivity (Wildman–Crippen MR) is 66.2 cm³/mol. The molecule has 0 saturated carbocycles. The number of ether oxygens (including phenoxy) is 1. The van der Waals surface area contributed by atoms with E-state index in [4.69, 9.17) is 4.74 Å². The average Bonchev–Trinajstić information content (AvgIpc) is 2.35. The first-order valence-corrected chi connectivity index (χ1v) is 6.13. The van der Waals surface area contributed by atoms with Gasteiger partial charge >= 0.3 is 12.1 Å². The van der Waals surface area contributed by atoms with E-state index in [9.17, 15) is 14.7 Å². The van der Waals surface area contributed by atoms with Crippen molar-refractivity contribution in [3.63, 3.8) is 0 Å². The minimum atomic E-state index is -1.02. The van der Waals surface area contributed by atoms with Crippen molar-refractivity contribution in [1.82, 2.24) is 9.88 Å². The van der Waals surface area contributed by atoms with Gasteiger partial charge in [-0.3, -0.25) is 9.88 Å². The van der Waals surface area contributed by atoms with E-state index in [0.29, 0.717) is 12.1 Å². The van der Waals surface area contributed by atoms with Crippen LogP contribution in [0.2, 0.25) is 0 Å². The molecule has 2 heterocycles. The monoisotopic (exact) mass is 264 g/mol. The van der Waals surface area contributed by atoms with Crippen LogP contribution in [0.5, 0.6) is 0 Å². The van der Waals surface area contributed by atoms with Crippen LogP contribution in [0.25, 0.3) is 0 Å². The molecule has 1 aliphatic rings. The summed E-state index contributed by atoms with van der Waals surface area (Å²) in [5, 5.41) is 9.27. The van der Waals surface area contributed by atoms with Gasteiger partial charge in [-0.15, -0.1) is 0 Å². The smallest absolute Gasteiger partial charge is 0.416 e. The topological polar surface area (TPSA) is 79.7 Å². The molecule has 1 aromatic rings. The summed E-state index contributed by atoms with van der Waals surface area (Å²) >= 11 is 0. The summed E-state index contributed by atoms with van der Waals surface area (Å²) in [4.78, 5) is 28.2. The van der Waals surface area contributed by atoms with E-state index >= 15 is 0 Å². The molecule has 0 aliphatic carbocycles. The van der Waals surface area contributed by atoms with Crippen LogP contribution in [0.3, 0.4) is 0 Å². The molecule has 1 fully saturated rings. The Labute approximate surface area is 111 Å². The van der Waals surface area contributed by atoms with Crippen molar-refractivity contribution >= 4 is 12.1 Å². The maximum Gasteiger partial charge on any atom is 0.416 e. The predicted octanol–water partition coefficient (Wildman–Crippen LogP) is 2.03. The zero-order chi connectivity index (χ0) is 14.0. The lowest BCUT2D eigenvalue weighted by Crippen LogP contribution is -2.56. The fourth-order valence-electron chi connectivity index (χ4n) is 2.06. The second-order valence-corrected chi connectivity index (χ2v) is 4.88. The summed E-state index contributed by atoms with van der Waals surface area (Å²) in [7, 11) is 0. The quantitative estimate of drug-likeness (QED) is 0.880. The lowest BCUT2D eigenvalue weighted by Gasteiger charge is -2.42. The molecule has 0 aromatic carbocycles. The Morgan fingerprint density at radius 1 is 1.53 bits per heavy atom. The summed E-state index contributed by atoms with van der Waals surface area (Å²) in [6.07, 6.45) is 0.656. The average molecular weight is 264 g/mol. The molecule has 1 saturated heterocycles. The second kappa shape index (κ2) is 5.26. The van der Waals surface area contributed by atoms with Gasteiger partial charge in [0, 0.05) is 6.20 Å². The van der Waals surface area contributed by atoms with Crippen LogP contribution in [0.15, 0.2) is 24.4 Å². The Bertz CT molecular complexity index is 475. The van der Waals surface area contributed by atoms with Crippen LogP contribution in [0.4, 0.5) is 4.79 Å². The van der Waals surface area contributed by atoms with Crippen molar-refractivity contribution in [3.05, 3.63) is 30.1 Å². The number of nitrogens with zero attached hydrogens (tertiary/aromatic N) is 2. The number of cyclic esters (lactones) is 1. The molecule has 0 radical (unpaired) electrons. The van der Waals surface area contributed by atoms with Crippen molar-refractivity contribution in [2.45, 2.75) is 32.5 Å². The fraction of sp³-hybridized carbons (Fsp3) is 0.462. The zero-order valence-electron chi connectivity index (χ0n) is 10.8. The van der Waals surface area contributed by atoms with Crippen LogP contribution in [-0.4, -0.2) is 33.1 Å². The minimum Gasteiger partial charge on any atom is -0.480 e. The molecule has 6 heteroatoms. The van der Waals surface area contributed by atoms with E-state index in [2.05, 4.69) is 4.98 Å². The highest BCUT2D eigenvalue weighted by molar-refractivity contribution is 5.82. The van der Waals surface area contributed by atoms with E-state index < -0.39 is 24.3 Å². The molecule has 2 atom stereocenters. The Morgan fingerprint density at radius 3 is 2.74 bits per heavy atom. The molecule has 1 aromatic heterocycles. The van der Waals surface area contributed by atoms with Crippen molar-refractivity contribution in [3.8, 4) is 0 Å². The maximum absolute atomic E-state index is 11.6. The van der Waals surface area contributed by atoms with Gasteiger partial charge in [-0.1, -0.05) is 19.9 Å². The van der Waals surface area contributed by atoms with Crippen LogP contribution in [0.1, 0.15) is 32.2 Å². The SMILES string of the molecule is CC(C)C[C@@H](C(=O)O)N1C(=O)OC1c1ccccn1. The molecule has 102 valence electrons. The third-order valence-corrected chi connectivity index (χ3v) is 2.93. The largest absolute Gasteiger partial charge is 0.480 e. The lowest BCUT2D eigenvalue weighted by molar-refractivity contribution is -0.163. The van der Waals surface area contributed by atoms with Gasteiger partial charge < -0.3 is 9.84 Å². The number of pyridine rings is 1. The first-order chi connectivity index (χ1) is 9.00. The first kappa shape index (κ1) is 13.3. The number of carbonyl (C=O) groups excluding carboxylic acids is 1. The van der Waals surface area contributed by atoms with Gasteiger partial charge in [-0.2, -0.15) is 0 Å². The number of aromatic nitrogens is 1. The summed E-state index contributed by atoms with van der Waals surface area (Å²) in [6.45, 7) is 3.83. The highest BCUT2D eigenvalue weighted by Crippen LogP contribution is 2.34. The molecule has 1 N–H and O–H groups in total. The Hall–Kier alpha value is -2.11. The van der Waals surface area contributed by atoms with Gasteiger partial charge in [-0.25, -0.2) is 9.59 Å². The Kier molecular flexibility index (Phi) is 3.69. The molecular formula is C13H16N2O4. The van der Waals surface area contributed by atoms with Crippen molar-refractivity contribution < 1.29 is 19.4 Å². The van der Waals surface area contributed by atoms with Gasteiger partial charge in [0.25, 0.3) is 0 Å². The van der Waals surface area contributed by atoms with Crippen LogP contribution < -0.4 is 0 Å². The highest BCUT2D eigenvalue weighted by Gasteiger charge is 2.47. The Morgan fingerprint density at radius 2 is 2.26 bits per heavy atom. The van der Waals surface area contributed by atoms with Crippen LogP contribution >= 0.6 is 0 Å². The highest BCUT2D eigenvalue weighted by atomic mass is 16.6. The van der Waals surface area contributed by atoms with Crippen molar-refractivity contribution in [1.29, 1.82) is 0 Å². The zero-order valence-corrected chi connectivity index (χ0v) is 10.8. The number of amides is 1. The summed E-state index contributed by atoms with van der Waals surface area (Å²) < 4.78 is 5.01. The van der Waals surface area contributed by atoms with Gasteiger partial charge in [0.15, 0.2) is 0 Å². The van der Waals surface area contributed by atoms with E-state index in [-0.39, 0.29) is 5.92 Å². The van der Waals surface area contributed by atoms with Gasteiger partial charge in [0.05, 0.1) is 0 Å². The number of aliphatic carboxylic acids is 1. The molecular weight excluding hydrogens is 248 g/mol. The third-order valence-electron chi connectivity index (χ3n) is 2.93. The molecule has 6 nitrogen and oxygen atoms in total. The van der Waals surface area contributed by atoms with Crippen molar-refractivity contribution in [2.75, 3.05) is 0 Å². The summed E-state index contributed by atoms with van der Waals surface area (Å²) in [6, 6.07) is 4.34. The third kappa shape index (κ3) is 2.67. The normalized spacial score (nSPS) is 19.8. The molecule has 19 heavy (non-hydrogen) atoms. The molecule has 1 aliphatic heterocycles. The number of carbonyl (C=O) groups is 2. The van der Waals surface area contributed by atoms with Crippen LogP contribution in [0, 0.1) is 5.92 Å². The molecule has 2 rings (SSSR count). The first-order valence-electron chi connectivity index (χ1n) is 6.13. The fourth-order valence-corrected chi connectivity index (χ4v) is 2.06. The van der Waals surface area contributed by atoms with E-state index in [1.807, 2.05) is 13.8 Å². The summed E-state index contributed by atoms with van der Waals surface area (Å²) in [5.74, 6) is -0.856. The molecule has 1 unspecified atom stereocenters. The van der Waals surface area contributed by atoms with Gasteiger partial charge in [-0.05, 0) is 24.5 Å². The maximum atomic E-state index is 11.6. The van der Waals surface area contributed by atoms with E-state index in [0.717, 1.165) is 0 Å².